The van der Waals surface area contributed by atoms with Crippen molar-refractivity contribution in [2.24, 2.45) is 0 Å². The third-order valence-corrected chi connectivity index (χ3v) is 10.1. The second-order valence-electron chi connectivity index (χ2n) is 12.2. The Labute approximate surface area is 267 Å². The van der Waals surface area contributed by atoms with Gasteiger partial charge in [0.05, 0.1) is 0 Å². The van der Waals surface area contributed by atoms with Crippen LogP contribution in [0.5, 0.6) is 0 Å². The van der Waals surface area contributed by atoms with Crippen LogP contribution in [0.4, 0.5) is 0 Å². The van der Waals surface area contributed by atoms with Crippen molar-refractivity contribution >= 4 is 7.37 Å². The van der Waals surface area contributed by atoms with Crippen LogP contribution in [0.3, 0.4) is 0 Å². The topological polar surface area (TPSA) is 37.3 Å². The van der Waals surface area contributed by atoms with Crippen molar-refractivity contribution in [2.45, 2.75) is 194 Å². The van der Waals surface area contributed by atoms with Gasteiger partial charge in [-0.1, -0.05) is 154 Å². The van der Waals surface area contributed by atoms with Gasteiger partial charge in [0, 0.05) is 33.4 Å². The van der Waals surface area contributed by atoms with Gasteiger partial charge in [-0.2, -0.15) is 0 Å². The maximum Gasteiger partial charge on any atom is 0.200 e. The van der Waals surface area contributed by atoms with Crippen molar-refractivity contribution in [3.63, 3.8) is 0 Å². The molecule has 1 N–H and O–H groups in total. The van der Waals surface area contributed by atoms with Gasteiger partial charge in [-0.3, -0.25) is 4.57 Å². The molecule has 0 fully saturated rings. The molecule has 0 rings (SSSR count). The van der Waals surface area contributed by atoms with Crippen LogP contribution < -0.4 is 0 Å². The van der Waals surface area contributed by atoms with E-state index in [9.17, 15) is 9.46 Å². The predicted octanol–water partition coefficient (Wildman–Crippen LogP) is 13.3. The molecule has 2 nitrogen and oxygen atoms in total. The Kier molecular flexibility index (Phi) is 37.8. The fourth-order valence-corrected chi connectivity index (χ4v) is 6.98. The molecule has 0 radical (unpaired) electrons. The zero-order chi connectivity index (χ0) is 28.5. The molecule has 4 heteroatoms. The first-order chi connectivity index (χ1) is 19.1. The minimum atomic E-state index is -2.89. The maximum absolute atomic E-state index is 12.4. The largest absolute Gasteiger partial charge is 0.344 e. The molecular formula is C36H71MoO2P. The zero-order valence-corrected chi connectivity index (χ0v) is 30.1. The molecule has 0 aromatic rings. The minimum Gasteiger partial charge on any atom is -0.344 e. The summed E-state index contributed by atoms with van der Waals surface area (Å²) >= 11 is 0. The monoisotopic (exact) mass is 664 g/mol. The van der Waals surface area contributed by atoms with Gasteiger partial charge in [0.25, 0.3) is 0 Å². The molecule has 0 aliphatic carbocycles. The van der Waals surface area contributed by atoms with Gasteiger partial charge in [-0.05, 0) is 64.2 Å². The molecule has 0 atom stereocenters. The Morgan fingerprint density at radius 1 is 0.400 bits per heavy atom. The average molecular weight is 663 g/mol. The van der Waals surface area contributed by atoms with E-state index in [0.717, 1.165) is 25.7 Å². The molecular weight excluding hydrogens is 591 g/mol. The Bertz CT molecular complexity index is 529. The Balaban J connectivity index is 0. The van der Waals surface area contributed by atoms with Gasteiger partial charge in [-0.15, -0.1) is 0 Å². The van der Waals surface area contributed by atoms with E-state index >= 15 is 0 Å². The summed E-state index contributed by atoms with van der Waals surface area (Å²) in [4.78, 5) is 10.3. The third-order valence-electron chi connectivity index (χ3n) is 8.04. The predicted molar refractivity (Wildman–Crippen MR) is 178 cm³/mol. The quantitative estimate of drug-likeness (QED) is 0.0337. The average Bonchev–Trinajstić information content (AvgIpc) is 2.92. The van der Waals surface area contributed by atoms with Gasteiger partial charge in [0.15, 0.2) is 0 Å². The summed E-state index contributed by atoms with van der Waals surface area (Å²) in [6.07, 6.45) is 46.4. The van der Waals surface area contributed by atoms with Crippen LogP contribution in [0.15, 0.2) is 24.3 Å². The normalized spacial score (nSPS) is 12.1. The van der Waals surface area contributed by atoms with Crippen LogP contribution in [0.25, 0.3) is 0 Å². The third kappa shape index (κ3) is 36.4. The number of hydrogen-bond acceptors (Lipinski definition) is 1. The Morgan fingerprint density at radius 3 is 0.900 bits per heavy atom. The molecule has 0 saturated heterocycles. The van der Waals surface area contributed by atoms with Gasteiger partial charge in [0.2, 0.25) is 7.37 Å². The van der Waals surface area contributed by atoms with E-state index in [2.05, 4.69) is 38.2 Å². The second-order valence-corrected chi connectivity index (χ2v) is 14.8. The van der Waals surface area contributed by atoms with Gasteiger partial charge < -0.3 is 4.89 Å². The van der Waals surface area contributed by atoms with Crippen molar-refractivity contribution in [1.29, 1.82) is 0 Å². The van der Waals surface area contributed by atoms with Gasteiger partial charge in [-0.25, -0.2) is 0 Å². The van der Waals surface area contributed by atoms with Crippen LogP contribution >= 0.6 is 7.37 Å². The molecule has 0 spiro atoms. The Morgan fingerprint density at radius 2 is 0.625 bits per heavy atom. The van der Waals surface area contributed by atoms with Crippen LogP contribution in [-0.4, -0.2) is 17.2 Å². The molecule has 0 heterocycles. The van der Waals surface area contributed by atoms with Crippen molar-refractivity contribution in [2.75, 3.05) is 12.3 Å². The van der Waals surface area contributed by atoms with Crippen molar-refractivity contribution < 1.29 is 30.5 Å². The first kappa shape index (κ1) is 42.5. The summed E-state index contributed by atoms with van der Waals surface area (Å²) in [5.74, 6) is 0. The smallest absolute Gasteiger partial charge is 0.200 e. The number of rotatable bonds is 32. The summed E-state index contributed by atoms with van der Waals surface area (Å²) in [6.45, 7) is 4.55. The molecule has 0 saturated carbocycles. The summed E-state index contributed by atoms with van der Waals surface area (Å²) in [5.41, 5.74) is 0. The molecule has 0 aliphatic heterocycles. The summed E-state index contributed by atoms with van der Waals surface area (Å²) in [7, 11) is -2.89. The molecule has 0 aromatic carbocycles. The van der Waals surface area contributed by atoms with Crippen molar-refractivity contribution in [3.8, 4) is 0 Å². The van der Waals surface area contributed by atoms with Crippen LogP contribution in [-0.2, 0) is 25.6 Å². The van der Waals surface area contributed by atoms with Crippen LogP contribution in [0.2, 0.25) is 0 Å². The first-order valence-electron chi connectivity index (χ1n) is 17.7. The van der Waals surface area contributed by atoms with Crippen LogP contribution in [0, 0.1) is 0 Å². The first-order valence-corrected chi connectivity index (χ1v) is 19.8. The number of unbranched alkanes of at least 4 members (excludes halogenated alkanes) is 24. The van der Waals surface area contributed by atoms with Crippen molar-refractivity contribution in [1.82, 2.24) is 0 Å². The Hall–Kier alpha value is 0.358. The van der Waals surface area contributed by atoms with Crippen molar-refractivity contribution in [3.05, 3.63) is 24.3 Å². The summed E-state index contributed by atoms with van der Waals surface area (Å²) in [5, 5.41) is 0. The fraction of sp³-hybridized carbons (Fsp3) is 0.889. The summed E-state index contributed by atoms with van der Waals surface area (Å²) < 4.78 is 12.4. The molecule has 0 bridgehead atoms. The van der Waals surface area contributed by atoms with E-state index in [0.29, 0.717) is 12.3 Å². The molecule has 0 aliphatic rings. The van der Waals surface area contributed by atoms with E-state index in [4.69, 9.17) is 0 Å². The SMILES string of the molecule is CCCCCCCC/C=C\CCCCCCCCP(=O)(O)CCCCCCCC/C=C\CCCCCCCC.[Mo]. The number of allylic oxidation sites excluding steroid dienone is 4. The van der Waals surface area contributed by atoms with Crippen LogP contribution in [0.1, 0.15) is 194 Å². The van der Waals surface area contributed by atoms with E-state index in [1.165, 1.54) is 154 Å². The number of hydrogen-bond donors (Lipinski definition) is 1. The van der Waals surface area contributed by atoms with Gasteiger partial charge >= 0.3 is 0 Å². The molecule has 0 amide bonds. The minimum absolute atomic E-state index is 0. The molecule has 0 aromatic heterocycles. The standard InChI is InChI=1S/C36H71O2P.Mo/c1-3-5-7-9-11-13-15-17-19-21-23-25-27-29-31-33-35-39(37,38)36-34-32-30-28-26-24-22-20-18-16-14-12-10-8-6-4-2;/h17-20H,3-16,21-36H2,1-2H3,(H,37,38);/b19-17-,20-18-;. The molecule has 238 valence electrons. The molecule has 0 unspecified atom stereocenters. The maximum atomic E-state index is 12.4. The van der Waals surface area contributed by atoms with E-state index in [1.54, 1.807) is 0 Å². The van der Waals surface area contributed by atoms with E-state index < -0.39 is 7.37 Å². The zero-order valence-electron chi connectivity index (χ0n) is 27.2. The van der Waals surface area contributed by atoms with E-state index in [-0.39, 0.29) is 21.1 Å². The summed E-state index contributed by atoms with van der Waals surface area (Å²) in [6, 6.07) is 0. The van der Waals surface area contributed by atoms with E-state index in [1.807, 2.05) is 0 Å². The second kappa shape index (κ2) is 35.6. The van der Waals surface area contributed by atoms with Gasteiger partial charge in [0.1, 0.15) is 0 Å². The molecule has 40 heavy (non-hydrogen) atoms. The fourth-order valence-electron chi connectivity index (χ4n) is 5.32.